The average molecular weight is 246 g/mol. The third-order valence-electron chi connectivity index (χ3n) is 2.33. The number of phenolic OH excluding ortho intramolecular Hbond substituents is 1. The van der Waals surface area contributed by atoms with E-state index in [9.17, 15) is 15.2 Å². The number of non-ortho nitro benzene ring substituents is 1. The van der Waals surface area contributed by atoms with E-state index in [1.54, 1.807) is 30.2 Å². The van der Waals surface area contributed by atoms with Crippen LogP contribution in [0.5, 0.6) is 5.75 Å². The Morgan fingerprint density at radius 1 is 1.56 bits per heavy atom. The lowest BCUT2D eigenvalue weighted by molar-refractivity contribution is -0.384. The fraction of sp³-hybridized carbons (Fsp3) is 0.0909. The number of phenols is 1. The van der Waals surface area contributed by atoms with Gasteiger partial charge in [-0.05, 0) is 13.0 Å². The molecule has 92 valence electrons. The zero-order valence-corrected chi connectivity index (χ0v) is 9.52. The van der Waals surface area contributed by atoms with Crippen molar-refractivity contribution in [2.24, 2.45) is 4.99 Å². The van der Waals surface area contributed by atoms with Crippen LogP contribution in [0.4, 0.5) is 11.4 Å². The molecule has 0 aliphatic heterocycles. The van der Waals surface area contributed by atoms with Crippen LogP contribution in [0.3, 0.4) is 0 Å². The average Bonchev–Trinajstić information content (AvgIpc) is 2.85. The Hall–Kier alpha value is -2.70. The van der Waals surface area contributed by atoms with Crippen LogP contribution in [-0.4, -0.2) is 25.4 Å². The van der Waals surface area contributed by atoms with Gasteiger partial charge in [0.25, 0.3) is 5.69 Å². The van der Waals surface area contributed by atoms with Gasteiger partial charge < -0.3 is 5.11 Å². The Labute approximate surface area is 102 Å². The van der Waals surface area contributed by atoms with E-state index in [1.807, 2.05) is 0 Å². The number of nitro benzene ring substituents is 1. The van der Waals surface area contributed by atoms with Crippen LogP contribution in [0.15, 0.2) is 41.9 Å². The van der Waals surface area contributed by atoms with E-state index in [4.69, 9.17) is 0 Å². The molecule has 0 spiro atoms. The van der Waals surface area contributed by atoms with Gasteiger partial charge in [0.2, 0.25) is 0 Å². The smallest absolute Gasteiger partial charge is 0.273 e. The molecule has 0 aliphatic carbocycles. The first kappa shape index (κ1) is 11.8. The summed E-state index contributed by atoms with van der Waals surface area (Å²) in [5, 5.41) is 20.2. The summed E-state index contributed by atoms with van der Waals surface area (Å²) in [4.78, 5) is 18.0. The zero-order chi connectivity index (χ0) is 13.1. The van der Waals surface area contributed by atoms with Gasteiger partial charge in [-0.2, -0.15) is 0 Å². The van der Waals surface area contributed by atoms with E-state index >= 15 is 0 Å². The predicted octanol–water partition coefficient (Wildman–Crippen LogP) is 2.10. The van der Waals surface area contributed by atoms with Crippen LogP contribution in [0, 0.1) is 10.1 Å². The molecule has 0 fully saturated rings. The third kappa shape index (κ3) is 2.34. The molecule has 0 unspecified atom stereocenters. The molecule has 2 aromatic rings. The first-order chi connectivity index (χ1) is 8.58. The van der Waals surface area contributed by atoms with E-state index in [0.717, 1.165) is 6.07 Å². The summed E-state index contributed by atoms with van der Waals surface area (Å²) in [6.07, 6.45) is 4.89. The topological polar surface area (TPSA) is 93.5 Å². The van der Waals surface area contributed by atoms with E-state index < -0.39 is 4.92 Å². The van der Waals surface area contributed by atoms with Crippen molar-refractivity contribution in [2.75, 3.05) is 0 Å². The fourth-order valence-corrected chi connectivity index (χ4v) is 1.40. The number of imidazole rings is 1. The molecule has 1 aromatic carbocycles. The lowest BCUT2D eigenvalue weighted by atomic mass is 10.2. The maximum Gasteiger partial charge on any atom is 0.273 e. The molecule has 1 N–H and O–H groups in total. The Kier molecular flexibility index (Phi) is 3.05. The zero-order valence-electron chi connectivity index (χ0n) is 9.52. The quantitative estimate of drug-likeness (QED) is 0.380. The molecule has 0 atom stereocenters. The van der Waals surface area contributed by atoms with Gasteiger partial charge in [-0.25, -0.2) is 9.98 Å². The highest BCUT2D eigenvalue weighted by Gasteiger charge is 2.09. The number of rotatable bonds is 2. The number of aliphatic imine (C=N–C) groups is 1. The van der Waals surface area contributed by atoms with Crippen LogP contribution < -0.4 is 0 Å². The molecular weight excluding hydrogens is 236 g/mol. The number of nitro groups is 1. The van der Waals surface area contributed by atoms with Crippen molar-refractivity contribution in [2.45, 2.75) is 6.92 Å². The van der Waals surface area contributed by atoms with Crippen molar-refractivity contribution >= 4 is 17.2 Å². The second-order valence-electron chi connectivity index (χ2n) is 3.56. The third-order valence-corrected chi connectivity index (χ3v) is 2.33. The standard InChI is InChI=1S/C11H10N4O3/c1-8(14-5-4-12-7-14)13-10-3-2-9(15(17)18)6-11(10)16/h2-7,16H,1H3. The lowest BCUT2D eigenvalue weighted by Gasteiger charge is -2.02. The molecule has 7 nitrogen and oxygen atoms in total. The molecular formula is C11H10N4O3. The molecule has 1 aromatic heterocycles. The summed E-state index contributed by atoms with van der Waals surface area (Å²) < 4.78 is 1.67. The molecule has 1 heterocycles. The summed E-state index contributed by atoms with van der Waals surface area (Å²) >= 11 is 0. The Balaban J connectivity index is 2.35. The SMILES string of the molecule is CC(=Nc1ccc([N+](=O)[O-])cc1O)n1ccnc1. The molecule has 7 heteroatoms. The highest BCUT2D eigenvalue weighted by Crippen LogP contribution is 2.30. The van der Waals surface area contributed by atoms with Crippen LogP contribution in [0.1, 0.15) is 6.92 Å². The van der Waals surface area contributed by atoms with Gasteiger partial charge >= 0.3 is 0 Å². The van der Waals surface area contributed by atoms with Crippen LogP contribution in [0.25, 0.3) is 0 Å². The van der Waals surface area contributed by atoms with Gasteiger partial charge in [-0.15, -0.1) is 0 Å². The van der Waals surface area contributed by atoms with Crippen molar-refractivity contribution in [3.8, 4) is 5.75 Å². The number of aromatic hydroxyl groups is 1. The first-order valence-electron chi connectivity index (χ1n) is 5.09. The minimum Gasteiger partial charge on any atom is -0.505 e. The highest BCUT2D eigenvalue weighted by molar-refractivity contribution is 5.85. The molecule has 0 radical (unpaired) electrons. The second-order valence-corrected chi connectivity index (χ2v) is 3.56. The maximum absolute atomic E-state index is 10.5. The number of hydrogen-bond donors (Lipinski definition) is 1. The lowest BCUT2D eigenvalue weighted by Crippen LogP contribution is -2.03. The van der Waals surface area contributed by atoms with E-state index in [-0.39, 0.29) is 17.1 Å². The normalized spacial score (nSPS) is 11.5. The molecule has 0 saturated heterocycles. The maximum atomic E-state index is 10.5. The second kappa shape index (κ2) is 4.66. The predicted molar refractivity (Wildman–Crippen MR) is 65.2 cm³/mol. The largest absolute Gasteiger partial charge is 0.505 e. The summed E-state index contributed by atoms with van der Waals surface area (Å²) in [6.45, 7) is 1.74. The van der Waals surface area contributed by atoms with Gasteiger partial charge in [-0.3, -0.25) is 14.7 Å². The fourth-order valence-electron chi connectivity index (χ4n) is 1.40. The Bertz CT molecular complexity index is 605. The van der Waals surface area contributed by atoms with Crippen LogP contribution in [-0.2, 0) is 0 Å². The van der Waals surface area contributed by atoms with E-state index in [2.05, 4.69) is 9.98 Å². The minimum atomic E-state index is -0.573. The number of aromatic nitrogens is 2. The van der Waals surface area contributed by atoms with Gasteiger partial charge in [0.05, 0.1) is 11.0 Å². The molecule has 18 heavy (non-hydrogen) atoms. The number of nitrogens with zero attached hydrogens (tertiary/aromatic N) is 4. The van der Waals surface area contributed by atoms with E-state index in [0.29, 0.717) is 5.84 Å². The molecule has 2 rings (SSSR count). The summed E-state index contributed by atoms with van der Waals surface area (Å²) in [5.74, 6) is 0.361. The van der Waals surface area contributed by atoms with E-state index in [1.165, 1.54) is 12.1 Å². The molecule has 0 aliphatic rings. The minimum absolute atomic E-state index is 0.174. The summed E-state index contributed by atoms with van der Waals surface area (Å²) in [7, 11) is 0. The van der Waals surface area contributed by atoms with Crippen LogP contribution in [0.2, 0.25) is 0 Å². The van der Waals surface area contributed by atoms with Crippen molar-refractivity contribution < 1.29 is 10.0 Å². The van der Waals surface area contributed by atoms with Gasteiger partial charge in [0.15, 0.2) is 0 Å². The first-order valence-corrected chi connectivity index (χ1v) is 5.09. The Morgan fingerprint density at radius 2 is 2.33 bits per heavy atom. The number of benzene rings is 1. The van der Waals surface area contributed by atoms with Crippen molar-refractivity contribution in [3.63, 3.8) is 0 Å². The summed E-state index contributed by atoms with van der Waals surface area (Å²) in [6, 6.07) is 3.76. The molecule has 0 saturated carbocycles. The monoisotopic (exact) mass is 246 g/mol. The molecule has 0 amide bonds. The van der Waals surface area contributed by atoms with Gasteiger partial charge in [-0.1, -0.05) is 0 Å². The van der Waals surface area contributed by atoms with Crippen LogP contribution >= 0.6 is 0 Å². The van der Waals surface area contributed by atoms with Crippen molar-refractivity contribution in [1.82, 2.24) is 9.55 Å². The molecule has 0 bridgehead atoms. The highest BCUT2D eigenvalue weighted by atomic mass is 16.6. The summed E-state index contributed by atoms with van der Waals surface area (Å²) in [5.41, 5.74) is 0.0959. The van der Waals surface area contributed by atoms with Crippen molar-refractivity contribution in [3.05, 3.63) is 47.0 Å². The van der Waals surface area contributed by atoms with Gasteiger partial charge in [0.1, 0.15) is 23.6 Å². The number of hydrogen-bond acceptors (Lipinski definition) is 5. The Morgan fingerprint density at radius 3 is 2.89 bits per heavy atom. The van der Waals surface area contributed by atoms with Gasteiger partial charge in [0, 0.05) is 18.5 Å². The van der Waals surface area contributed by atoms with Crippen molar-refractivity contribution in [1.29, 1.82) is 0 Å².